The van der Waals surface area contributed by atoms with E-state index in [0.717, 1.165) is 18.3 Å². The molecule has 27 heavy (non-hydrogen) atoms. The lowest BCUT2D eigenvalue weighted by Gasteiger charge is -2.12. The maximum absolute atomic E-state index is 13.6. The van der Waals surface area contributed by atoms with Crippen molar-refractivity contribution in [3.8, 4) is 5.88 Å². The molecule has 13 heteroatoms. The molecule has 4 nitrogen and oxygen atoms in total. The minimum absolute atomic E-state index is 0. The largest absolute Gasteiger partial charge is 0.466 e. The van der Waals surface area contributed by atoms with Gasteiger partial charge in [0.1, 0.15) is 0 Å². The maximum atomic E-state index is 13.6. The predicted molar refractivity (Wildman–Crippen MR) is 79.5 cm³/mol. The summed E-state index contributed by atoms with van der Waals surface area (Å²) in [5, 5.41) is 2.47. The fourth-order valence-electron chi connectivity index (χ4n) is 1.75. The number of alkyl halides is 6. The van der Waals surface area contributed by atoms with E-state index in [1.54, 1.807) is 0 Å². The van der Waals surface area contributed by atoms with Crippen molar-refractivity contribution >= 4 is 18.1 Å². The van der Waals surface area contributed by atoms with Crippen molar-refractivity contribution in [1.82, 2.24) is 9.97 Å². The van der Waals surface area contributed by atoms with Gasteiger partial charge < -0.3 is 10.1 Å². The number of aromatic nitrogens is 2. The molecule has 0 aliphatic rings. The average molecular weight is 424 g/mol. The monoisotopic (exact) mass is 423 g/mol. The van der Waals surface area contributed by atoms with Gasteiger partial charge in [-0.05, 0) is 12.1 Å². The van der Waals surface area contributed by atoms with Crippen molar-refractivity contribution in [3.63, 3.8) is 0 Å². The topological polar surface area (TPSA) is 47.0 Å². The van der Waals surface area contributed by atoms with Crippen molar-refractivity contribution < 1.29 is 39.9 Å². The molecule has 2 aromatic rings. The van der Waals surface area contributed by atoms with Gasteiger partial charge in [-0.2, -0.15) is 26.3 Å². The summed E-state index contributed by atoms with van der Waals surface area (Å²) in [5.41, 5.74) is -1.95. The molecule has 1 N–H and O–H groups in total. The van der Waals surface area contributed by atoms with E-state index in [9.17, 15) is 35.1 Å². The van der Waals surface area contributed by atoms with Crippen LogP contribution in [0.25, 0.3) is 0 Å². The predicted octanol–water partition coefficient (Wildman–Crippen LogP) is 4.75. The molecule has 150 valence electrons. The zero-order valence-corrected chi connectivity index (χ0v) is 13.8. The Kier molecular flexibility index (Phi) is 7.18. The Morgan fingerprint density at radius 2 is 1.67 bits per heavy atom. The first-order chi connectivity index (χ1) is 12.0. The second kappa shape index (κ2) is 8.55. The first kappa shape index (κ1) is 22.7. The molecule has 0 bridgehead atoms. The van der Waals surface area contributed by atoms with Gasteiger partial charge in [0.25, 0.3) is 5.88 Å². The quantitative estimate of drug-likeness (QED) is 0.705. The third-order valence-electron chi connectivity index (χ3n) is 2.83. The Hall–Kier alpha value is -2.37. The van der Waals surface area contributed by atoms with Crippen molar-refractivity contribution in [1.29, 1.82) is 0 Å². The molecule has 0 spiro atoms. The molecule has 0 unspecified atom stereocenters. The summed E-state index contributed by atoms with van der Waals surface area (Å²) in [7, 11) is 0. The highest BCUT2D eigenvalue weighted by molar-refractivity contribution is 5.85. The van der Waals surface area contributed by atoms with Gasteiger partial charge >= 0.3 is 12.4 Å². The zero-order valence-electron chi connectivity index (χ0n) is 13.0. The van der Waals surface area contributed by atoms with Gasteiger partial charge in [0.2, 0.25) is 0 Å². The van der Waals surface area contributed by atoms with E-state index in [0.29, 0.717) is 6.07 Å². The van der Waals surface area contributed by atoms with Crippen LogP contribution >= 0.6 is 12.4 Å². The number of nitrogens with zero attached hydrogens (tertiary/aromatic N) is 2. The standard InChI is InChI=1S/C14H9F8N3O.ClH/c15-9-2-1-7(25-11(9)14(20,21)22)4-23-8-3-10(16)12(24-5-8)26-6-13(17,18)19;/h1-3,5,23H,4,6H2;1H. The number of halogens is 9. The highest BCUT2D eigenvalue weighted by Crippen LogP contribution is 2.30. The SMILES string of the molecule is Cl.Fc1cc(NCc2ccc(F)c(C(F)(F)F)n2)cnc1OCC(F)(F)F. The summed E-state index contributed by atoms with van der Waals surface area (Å²) in [6.07, 6.45) is -8.73. The number of nitrogens with one attached hydrogen (secondary N) is 1. The molecule has 2 rings (SSSR count). The van der Waals surface area contributed by atoms with Crippen LogP contribution in [0.4, 0.5) is 40.8 Å². The van der Waals surface area contributed by atoms with Gasteiger partial charge in [0.15, 0.2) is 23.9 Å². The van der Waals surface area contributed by atoms with Crippen LogP contribution in [-0.4, -0.2) is 22.8 Å². The Morgan fingerprint density at radius 3 is 2.22 bits per heavy atom. The summed E-state index contributed by atoms with van der Waals surface area (Å²) >= 11 is 0. The second-order valence-corrected chi connectivity index (χ2v) is 4.90. The Morgan fingerprint density at radius 1 is 1.00 bits per heavy atom. The average Bonchev–Trinajstić information content (AvgIpc) is 2.51. The number of pyridine rings is 2. The third kappa shape index (κ3) is 6.70. The Labute approximate surface area is 153 Å². The van der Waals surface area contributed by atoms with E-state index in [1.165, 1.54) is 0 Å². The summed E-state index contributed by atoms with van der Waals surface area (Å²) in [4.78, 5) is 6.47. The van der Waals surface area contributed by atoms with E-state index in [2.05, 4.69) is 20.0 Å². The molecule has 0 aromatic carbocycles. The van der Waals surface area contributed by atoms with Gasteiger partial charge in [-0.25, -0.2) is 18.7 Å². The van der Waals surface area contributed by atoms with E-state index < -0.39 is 42.2 Å². The van der Waals surface area contributed by atoms with Gasteiger partial charge in [-0.3, -0.25) is 0 Å². The van der Waals surface area contributed by atoms with Crippen LogP contribution < -0.4 is 10.1 Å². The fraction of sp³-hybridized carbons (Fsp3) is 0.286. The maximum Gasteiger partial charge on any atom is 0.436 e. The van der Waals surface area contributed by atoms with E-state index >= 15 is 0 Å². The van der Waals surface area contributed by atoms with Crippen molar-refractivity contribution in [3.05, 3.63) is 47.4 Å². The molecule has 0 saturated heterocycles. The number of hydrogen-bond acceptors (Lipinski definition) is 4. The van der Waals surface area contributed by atoms with Crippen LogP contribution in [0.1, 0.15) is 11.4 Å². The lowest BCUT2D eigenvalue weighted by molar-refractivity contribution is -0.154. The molecule has 0 aliphatic heterocycles. The van der Waals surface area contributed by atoms with Gasteiger partial charge in [-0.1, -0.05) is 0 Å². The number of hydrogen-bond donors (Lipinski definition) is 1. The lowest BCUT2D eigenvalue weighted by atomic mass is 10.2. The number of ether oxygens (including phenoxy) is 1. The second-order valence-electron chi connectivity index (χ2n) is 4.90. The number of rotatable bonds is 5. The molecule has 0 fully saturated rings. The molecular formula is C14H10ClF8N3O. The van der Waals surface area contributed by atoms with E-state index in [1.807, 2.05) is 0 Å². The minimum Gasteiger partial charge on any atom is -0.466 e. The van der Waals surface area contributed by atoms with Crippen LogP contribution in [0.2, 0.25) is 0 Å². The molecule has 2 heterocycles. The van der Waals surface area contributed by atoms with Crippen LogP contribution in [-0.2, 0) is 12.7 Å². The van der Waals surface area contributed by atoms with Crippen LogP contribution in [0.5, 0.6) is 5.88 Å². The van der Waals surface area contributed by atoms with E-state index in [4.69, 9.17) is 0 Å². The van der Waals surface area contributed by atoms with Crippen LogP contribution in [0.3, 0.4) is 0 Å². The van der Waals surface area contributed by atoms with Crippen molar-refractivity contribution in [2.75, 3.05) is 11.9 Å². The Bertz CT molecular complexity index is 782. The van der Waals surface area contributed by atoms with Crippen molar-refractivity contribution in [2.45, 2.75) is 18.9 Å². The highest BCUT2D eigenvalue weighted by Gasteiger charge is 2.36. The van der Waals surface area contributed by atoms with Crippen LogP contribution in [0.15, 0.2) is 24.4 Å². The minimum atomic E-state index is -4.98. The number of anilines is 1. The molecule has 0 saturated carbocycles. The fourth-order valence-corrected chi connectivity index (χ4v) is 1.75. The first-order valence-electron chi connectivity index (χ1n) is 6.77. The highest BCUT2D eigenvalue weighted by atomic mass is 35.5. The molecule has 0 amide bonds. The zero-order chi connectivity index (χ0) is 19.5. The molecular weight excluding hydrogens is 414 g/mol. The molecule has 0 radical (unpaired) electrons. The smallest absolute Gasteiger partial charge is 0.436 e. The van der Waals surface area contributed by atoms with E-state index in [-0.39, 0.29) is 30.3 Å². The summed E-state index contributed by atoms with van der Waals surface area (Å²) in [6, 6.07) is 2.31. The summed E-state index contributed by atoms with van der Waals surface area (Å²) < 4.78 is 105. The van der Waals surface area contributed by atoms with Crippen LogP contribution in [0, 0.1) is 11.6 Å². The lowest BCUT2D eigenvalue weighted by Crippen LogP contribution is -2.20. The van der Waals surface area contributed by atoms with Crippen molar-refractivity contribution in [2.24, 2.45) is 0 Å². The van der Waals surface area contributed by atoms with Gasteiger partial charge in [0.05, 0.1) is 24.1 Å². The molecule has 0 atom stereocenters. The first-order valence-corrected chi connectivity index (χ1v) is 6.77. The summed E-state index contributed by atoms with van der Waals surface area (Å²) in [5.74, 6) is -3.63. The van der Waals surface area contributed by atoms with Gasteiger partial charge in [0, 0.05) is 6.07 Å². The summed E-state index contributed by atoms with van der Waals surface area (Å²) in [6.45, 7) is -2.07. The molecule has 2 aromatic heterocycles. The molecule has 0 aliphatic carbocycles. The Balaban J connectivity index is 0.00000364. The van der Waals surface area contributed by atoms with Gasteiger partial charge in [-0.15, -0.1) is 12.4 Å². The third-order valence-corrected chi connectivity index (χ3v) is 2.83. The normalized spacial score (nSPS) is 11.7.